The van der Waals surface area contributed by atoms with Gasteiger partial charge in [-0.2, -0.15) is 0 Å². The summed E-state index contributed by atoms with van der Waals surface area (Å²) in [5.41, 5.74) is -1.03. The molecule has 2 saturated heterocycles. The summed E-state index contributed by atoms with van der Waals surface area (Å²) in [6, 6.07) is 3.12. The number of ether oxygens (including phenoxy) is 4. The molecule has 0 bridgehead atoms. The quantitative estimate of drug-likeness (QED) is 0.411. The summed E-state index contributed by atoms with van der Waals surface area (Å²) in [6.45, 7) is 10.6. The van der Waals surface area contributed by atoms with E-state index in [1.165, 1.54) is 28.0 Å². The Labute approximate surface area is 254 Å². The van der Waals surface area contributed by atoms with Crippen molar-refractivity contribution in [1.82, 2.24) is 19.9 Å². The largest absolute Gasteiger partial charge is 0.484 e. The molecule has 2 aliphatic heterocycles. The molecule has 1 N–H and O–H groups in total. The molecule has 2 unspecified atom stereocenters. The van der Waals surface area contributed by atoms with Gasteiger partial charge in [0.15, 0.2) is 19.0 Å². The van der Waals surface area contributed by atoms with E-state index in [2.05, 4.69) is 14.7 Å². The molecular weight excluding hydrogens is 576 g/mol. The Morgan fingerprint density at radius 3 is 1.66 bits per heavy atom. The van der Waals surface area contributed by atoms with Crippen LogP contribution in [0.3, 0.4) is 0 Å². The van der Waals surface area contributed by atoms with E-state index >= 15 is 0 Å². The van der Waals surface area contributed by atoms with Crippen LogP contribution in [0.1, 0.15) is 67.2 Å². The first-order valence-electron chi connectivity index (χ1n) is 14.6. The van der Waals surface area contributed by atoms with Crippen molar-refractivity contribution in [2.75, 3.05) is 26.3 Å². The molecule has 14 nitrogen and oxygen atoms in total. The minimum Gasteiger partial charge on any atom is -0.484 e. The van der Waals surface area contributed by atoms with Crippen LogP contribution < -0.4 is 15.2 Å². The van der Waals surface area contributed by atoms with Crippen molar-refractivity contribution in [1.29, 1.82) is 0 Å². The second-order valence-electron chi connectivity index (χ2n) is 12.8. The Morgan fingerprint density at radius 1 is 0.818 bits per heavy atom. The van der Waals surface area contributed by atoms with E-state index < -0.39 is 52.8 Å². The van der Waals surface area contributed by atoms with Crippen molar-refractivity contribution in [3.8, 4) is 22.9 Å². The highest BCUT2D eigenvalue weighted by Crippen LogP contribution is 2.29. The van der Waals surface area contributed by atoms with Gasteiger partial charge in [-0.05, 0) is 79.4 Å². The lowest BCUT2D eigenvalue weighted by molar-refractivity contribution is -0.164. The topological polar surface area (TPSA) is 171 Å². The molecule has 1 aromatic heterocycles. The minimum atomic E-state index is -0.774. The molecule has 2 aromatic rings. The van der Waals surface area contributed by atoms with E-state index in [1.807, 2.05) is 0 Å². The summed E-state index contributed by atoms with van der Waals surface area (Å²) >= 11 is 0. The van der Waals surface area contributed by atoms with Crippen LogP contribution in [0.15, 0.2) is 27.5 Å². The van der Waals surface area contributed by atoms with Gasteiger partial charge in [0.1, 0.15) is 34.8 Å². The number of esters is 2. The number of benzene rings is 1. The Kier molecular flexibility index (Phi) is 9.69. The molecule has 0 saturated carbocycles. The van der Waals surface area contributed by atoms with Crippen LogP contribution in [0.2, 0.25) is 0 Å². The van der Waals surface area contributed by atoms with Gasteiger partial charge in [-0.1, -0.05) is 5.16 Å². The smallest absolute Gasteiger partial charge is 0.439 e. The van der Waals surface area contributed by atoms with Crippen LogP contribution in [-0.2, 0) is 28.7 Å². The van der Waals surface area contributed by atoms with Crippen LogP contribution in [-0.4, -0.2) is 93.3 Å². The molecule has 0 radical (unpaired) electrons. The Hall–Kier alpha value is -4.36. The SMILES string of the molecule is CC(C)(C)OC(=O)C1CCCN1C(=O)COc1cc(OCC(=O)N2CCCC2C(=O)OC(C)(C)C)cc(-c2noc(=O)[nH]2)c1. The average molecular weight is 617 g/mol. The molecule has 4 rings (SSSR count). The van der Waals surface area contributed by atoms with Crippen LogP contribution in [0.4, 0.5) is 0 Å². The van der Waals surface area contributed by atoms with E-state index in [0.717, 1.165) is 0 Å². The van der Waals surface area contributed by atoms with Crippen molar-refractivity contribution < 1.29 is 42.6 Å². The maximum Gasteiger partial charge on any atom is 0.439 e. The number of rotatable bonds is 9. The lowest BCUT2D eigenvalue weighted by Gasteiger charge is -2.27. The van der Waals surface area contributed by atoms with E-state index in [4.69, 9.17) is 18.9 Å². The third-order valence-electron chi connectivity index (χ3n) is 6.82. The predicted octanol–water partition coefficient (Wildman–Crippen LogP) is 2.45. The molecule has 1 aromatic carbocycles. The predicted molar refractivity (Wildman–Crippen MR) is 155 cm³/mol. The zero-order valence-corrected chi connectivity index (χ0v) is 26.0. The number of nitrogens with one attached hydrogen (secondary N) is 1. The Bertz CT molecular complexity index is 1350. The van der Waals surface area contributed by atoms with Gasteiger partial charge in [-0.15, -0.1) is 0 Å². The normalized spacial score (nSPS) is 18.7. The zero-order chi connectivity index (χ0) is 32.2. The molecule has 44 heavy (non-hydrogen) atoms. The van der Waals surface area contributed by atoms with Crippen molar-refractivity contribution >= 4 is 23.8 Å². The van der Waals surface area contributed by atoms with Crippen LogP contribution >= 0.6 is 0 Å². The summed E-state index contributed by atoms with van der Waals surface area (Å²) in [4.78, 5) is 68.4. The summed E-state index contributed by atoms with van der Waals surface area (Å²) in [6.07, 6.45) is 2.30. The fraction of sp³-hybridized carbons (Fsp3) is 0.600. The van der Waals surface area contributed by atoms with Crippen molar-refractivity contribution in [2.45, 2.75) is 90.5 Å². The van der Waals surface area contributed by atoms with Crippen LogP contribution in [0.25, 0.3) is 11.4 Å². The molecular formula is C30H40N4O10. The summed E-state index contributed by atoms with van der Waals surface area (Å²) in [7, 11) is 0. The number of hydrogen-bond acceptors (Lipinski definition) is 11. The number of hydrogen-bond donors (Lipinski definition) is 1. The maximum absolute atomic E-state index is 13.1. The van der Waals surface area contributed by atoms with Crippen molar-refractivity contribution in [3.63, 3.8) is 0 Å². The number of carbonyl (C=O) groups excluding carboxylic acids is 4. The molecule has 2 fully saturated rings. The van der Waals surface area contributed by atoms with E-state index in [-0.39, 0.29) is 30.5 Å². The Balaban J connectivity index is 1.45. The van der Waals surface area contributed by atoms with Gasteiger partial charge >= 0.3 is 17.7 Å². The highest BCUT2D eigenvalue weighted by molar-refractivity contribution is 5.87. The fourth-order valence-corrected chi connectivity index (χ4v) is 5.05. The number of nitrogens with zero attached hydrogens (tertiary/aromatic N) is 3. The van der Waals surface area contributed by atoms with E-state index in [9.17, 15) is 24.0 Å². The monoisotopic (exact) mass is 616 g/mol. The van der Waals surface area contributed by atoms with Gasteiger partial charge in [-0.25, -0.2) is 14.4 Å². The number of aromatic amines is 1. The summed E-state index contributed by atoms with van der Waals surface area (Å²) in [5.74, 6) is -2.07. The second kappa shape index (κ2) is 13.1. The minimum absolute atomic E-state index is 0.0806. The molecule has 0 spiro atoms. The Morgan fingerprint density at radius 2 is 1.27 bits per heavy atom. The van der Waals surface area contributed by atoms with Gasteiger partial charge in [0.25, 0.3) is 11.8 Å². The molecule has 2 aliphatic rings. The molecule has 3 heterocycles. The number of H-pyrrole nitrogens is 1. The third kappa shape index (κ3) is 8.60. The fourth-order valence-electron chi connectivity index (χ4n) is 5.05. The second-order valence-corrected chi connectivity index (χ2v) is 12.8. The van der Waals surface area contributed by atoms with Crippen molar-refractivity contribution in [3.05, 3.63) is 28.7 Å². The number of amides is 2. The molecule has 240 valence electrons. The molecule has 14 heteroatoms. The maximum atomic E-state index is 13.1. The lowest BCUT2D eigenvalue weighted by atomic mass is 10.1. The standard InChI is InChI=1S/C30H40N4O10/c1-29(2,3)42-26(37)21-9-7-11-33(21)23(35)16-40-19-13-18(25-31-28(39)44-32-25)14-20(15-19)41-17-24(36)34-12-8-10-22(34)27(38)43-30(4,5)6/h13-15,21-22H,7-12,16-17H2,1-6H3,(H,31,32,39). The summed E-state index contributed by atoms with van der Waals surface area (Å²) in [5, 5.41) is 3.69. The highest BCUT2D eigenvalue weighted by Gasteiger charge is 2.38. The number of carbonyl (C=O) groups is 4. The van der Waals surface area contributed by atoms with Gasteiger partial charge in [0.2, 0.25) is 0 Å². The lowest BCUT2D eigenvalue weighted by Crippen LogP contribution is -2.45. The van der Waals surface area contributed by atoms with Gasteiger partial charge in [0, 0.05) is 24.7 Å². The third-order valence-corrected chi connectivity index (χ3v) is 6.82. The van der Waals surface area contributed by atoms with Gasteiger partial charge in [0.05, 0.1) is 0 Å². The number of likely N-dealkylation sites (tertiary alicyclic amines) is 2. The molecule has 2 amide bonds. The average Bonchev–Trinajstić information content (AvgIpc) is 3.69. The van der Waals surface area contributed by atoms with Crippen molar-refractivity contribution in [2.24, 2.45) is 0 Å². The first-order valence-corrected chi connectivity index (χ1v) is 14.6. The highest BCUT2D eigenvalue weighted by atomic mass is 16.6. The first kappa shape index (κ1) is 32.6. The molecule has 2 atom stereocenters. The van der Waals surface area contributed by atoms with E-state index in [1.54, 1.807) is 41.5 Å². The number of aromatic nitrogens is 2. The first-order chi connectivity index (χ1) is 20.6. The zero-order valence-electron chi connectivity index (χ0n) is 26.0. The van der Waals surface area contributed by atoms with Gasteiger partial charge in [-0.3, -0.25) is 19.1 Å². The van der Waals surface area contributed by atoms with Crippen LogP contribution in [0, 0.1) is 0 Å². The van der Waals surface area contributed by atoms with E-state index in [0.29, 0.717) is 44.3 Å². The molecule has 0 aliphatic carbocycles. The summed E-state index contributed by atoms with van der Waals surface area (Å²) < 4.78 is 27.2. The van der Waals surface area contributed by atoms with Crippen LogP contribution in [0.5, 0.6) is 11.5 Å². The van der Waals surface area contributed by atoms with Gasteiger partial charge < -0.3 is 28.7 Å².